The minimum atomic E-state index is -0.618. The van der Waals surface area contributed by atoms with Gasteiger partial charge in [0.1, 0.15) is 6.61 Å². The van der Waals surface area contributed by atoms with Crippen molar-refractivity contribution in [3.63, 3.8) is 0 Å². The van der Waals surface area contributed by atoms with Crippen LogP contribution in [-0.2, 0) is 25.4 Å². The molecule has 8 bridgehead atoms. The summed E-state index contributed by atoms with van der Waals surface area (Å²) < 4.78 is 8.46. The minimum absolute atomic E-state index is 0. The van der Waals surface area contributed by atoms with E-state index >= 15 is 0 Å². The molecule has 3 aliphatic heterocycles. The predicted molar refractivity (Wildman–Crippen MR) is 264 cm³/mol. The van der Waals surface area contributed by atoms with E-state index in [1.807, 2.05) is 19.1 Å². The zero-order valence-corrected chi connectivity index (χ0v) is 42.8. The van der Waals surface area contributed by atoms with Crippen molar-refractivity contribution in [2.75, 3.05) is 13.7 Å². The summed E-state index contributed by atoms with van der Waals surface area (Å²) in [6, 6.07) is 0. The average molecular weight is 895 g/mol. The van der Waals surface area contributed by atoms with Crippen LogP contribution in [0.15, 0.2) is 29.6 Å². The van der Waals surface area contributed by atoms with E-state index < -0.39 is 12.2 Å². The van der Waals surface area contributed by atoms with Crippen molar-refractivity contribution in [3.8, 4) is 0 Å². The Labute approximate surface area is 404 Å². The number of ketones is 1. The van der Waals surface area contributed by atoms with Gasteiger partial charge in [0.25, 0.3) is 0 Å². The molecule has 0 aromatic carbocycles. The Morgan fingerprint density at radius 1 is 0.877 bits per heavy atom. The summed E-state index contributed by atoms with van der Waals surface area (Å²) in [6.45, 7) is 26.5. The molecule has 9 nitrogen and oxygen atoms in total. The molecule has 2 fully saturated rings. The van der Waals surface area contributed by atoms with Gasteiger partial charge in [-0.05, 0) is 99.5 Å². The number of rotatable bonds is 20. The number of carbonyl (C=O) groups excluding carboxylic acids is 2. The van der Waals surface area contributed by atoms with Gasteiger partial charge in [-0.3, -0.25) is 9.59 Å². The third-order valence-corrected chi connectivity index (χ3v) is 14.6. The molecule has 4 aliphatic rings. The number of hydrogen-bond donors (Lipinski definition) is 0. The molecule has 10 heteroatoms. The van der Waals surface area contributed by atoms with Gasteiger partial charge < -0.3 is 25.0 Å². The SMILES string of the molecule is C=Cc1c2[n-]c(c1C)/C=C1\[N-]/C(=C3\c4[n-]c(c(C)c4C(=O)[C@@H]3C3O[O+]3C)/C=c3\[n-]/c(c(C)c3CC)=C\2)[C@@H](CCC(=O)OC/C=C(/C)CCC[C@H](C)CCC[C@H](C)CCCC(C)C)[C@@H]1C.[Mg+2]. The van der Waals surface area contributed by atoms with Crippen molar-refractivity contribution in [1.82, 2.24) is 15.0 Å². The van der Waals surface area contributed by atoms with E-state index in [1.54, 1.807) is 7.11 Å². The summed E-state index contributed by atoms with van der Waals surface area (Å²) in [5.41, 5.74) is 12.3. The molecular formula is C55H73MgN4O5-. The number of Topliss-reactive ketones (excluding diaryl/α,β-unsaturated/α-hetero) is 1. The van der Waals surface area contributed by atoms with Gasteiger partial charge in [0.15, 0.2) is 18.8 Å². The molecule has 7 rings (SSSR count). The van der Waals surface area contributed by atoms with E-state index in [0.29, 0.717) is 17.7 Å². The van der Waals surface area contributed by atoms with Crippen molar-refractivity contribution in [2.45, 2.75) is 153 Å². The molecule has 0 saturated carbocycles. The number of nitrogens with zero attached hydrogens (tertiary/aromatic N) is 4. The summed E-state index contributed by atoms with van der Waals surface area (Å²) in [5, 5.41) is 7.08. The van der Waals surface area contributed by atoms with Crippen LogP contribution in [0, 0.1) is 56.3 Å². The second-order valence-corrected chi connectivity index (χ2v) is 19.9. The molecule has 1 unspecified atom stereocenters. The number of ether oxygens (including phenoxy) is 1. The van der Waals surface area contributed by atoms with E-state index in [1.165, 1.54) is 50.5 Å². The maximum Gasteiger partial charge on any atom is 2.00 e. The van der Waals surface area contributed by atoms with Gasteiger partial charge in [0.2, 0.25) is 0 Å². The molecule has 6 atom stereocenters. The van der Waals surface area contributed by atoms with Crippen LogP contribution >= 0.6 is 0 Å². The number of fused-ring (bicyclic) bond motifs is 7. The molecule has 65 heavy (non-hydrogen) atoms. The molecule has 0 radical (unpaired) electrons. The van der Waals surface area contributed by atoms with Gasteiger partial charge in [-0.25, -0.2) is 4.52 Å². The first-order valence-corrected chi connectivity index (χ1v) is 24.3. The predicted octanol–water partition coefficient (Wildman–Crippen LogP) is 10.6. The van der Waals surface area contributed by atoms with Crippen LogP contribution in [-0.4, -0.2) is 54.8 Å². The first-order valence-electron chi connectivity index (χ1n) is 24.3. The van der Waals surface area contributed by atoms with Crippen LogP contribution in [0.25, 0.3) is 35.2 Å². The maximum atomic E-state index is 14.6. The maximum absolute atomic E-state index is 14.6. The van der Waals surface area contributed by atoms with Crippen LogP contribution in [0.2, 0.25) is 0 Å². The third-order valence-electron chi connectivity index (χ3n) is 14.6. The minimum Gasteiger partial charge on any atom is -0.664 e. The van der Waals surface area contributed by atoms with E-state index in [2.05, 4.69) is 91.6 Å². The Balaban J connectivity index is 0.00000700. The third kappa shape index (κ3) is 11.1. The van der Waals surface area contributed by atoms with Crippen molar-refractivity contribution in [1.29, 1.82) is 0 Å². The van der Waals surface area contributed by atoms with E-state index in [4.69, 9.17) is 29.9 Å². The molecule has 2 saturated heterocycles. The zero-order chi connectivity index (χ0) is 46.0. The van der Waals surface area contributed by atoms with Crippen LogP contribution in [0.5, 0.6) is 0 Å². The fourth-order valence-electron chi connectivity index (χ4n) is 10.4. The standard InChI is InChI=1S/C55H74N4O5.Mg/c1-13-39-35(8)42-28-44-37(10)41(24-25-48(60)62-27-26-34(7)23-17-22-33(6)21-16-20-32(5)19-15-18-31(3)4)52(58-44)50-51(55-63-64(55)12)54(61)49-38(11)45(59-53(49)50)30-47-40(14-2)36(9)43(57-47)29-46(39)56-42;/h13,26,28-33,37,41,51,55H,1,14-25,27H2,2-12H3,(H-,58,59,61);/q-2;+2/p-1/b34-26-,43-29-,44-28-,47-30-;/t32-,33-,37+,41+,51-,55?;/m1./s1. The monoisotopic (exact) mass is 894 g/mol. The first-order chi connectivity index (χ1) is 30.6. The van der Waals surface area contributed by atoms with Gasteiger partial charge in [0, 0.05) is 12.0 Å². The van der Waals surface area contributed by atoms with Crippen molar-refractivity contribution in [3.05, 3.63) is 102 Å². The van der Waals surface area contributed by atoms with Crippen molar-refractivity contribution in [2.24, 2.45) is 35.5 Å². The van der Waals surface area contributed by atoms with Crippen LogP contribution in [0.1, 0.15) is 180 Å². The molecule has 3 aromatic heterocycles. The number of hydrogen-bond acceptors (Lipinski definition) is 4. The zero-order valence-electron chi connectivity index (χ0n) is 41.4. The van der Waals surface area contributed by atoms with Gasteiger partial charge in [-0.1, -0.05) is 151 Å². The molecule has 0 spiro atoms. The van der Waals surface area contributed by atoms with Crippen molar-refractivity contribution >= 4 is 64.7 Å². The van der Waals surface area contributed by atoms with Gasteiger partial charge in [0.05, 0.1) is 0 Å². The second kappa shape index (κ2) is 21.9. The second-order valence-electron chi connectivity index (χ2n) is 19.9. The Hall–Kier alpha value is -3.83. The Kier molecular flexibility index (Phi) is 17.0. The summed E-state index contributed by atoms with van der Waals surface area (Å²) >= 11 is 0. The van der Waals surface area contributed by atoms with Crippen LogP contribution in [0.4, 0.5) is 0 Å². The molecule has 3 aromatic rings. The number of carbonyl (C=O) groups is 2. The summed E-state index contributed by atoms with van der Waals surface area (Å²) in [7, 11) is 1.77. The van der Waals surface area contributed by atoms with Gasteiger partial charge in [-0.15, -0.1) is 33.5 Å². The van der Waals surface area contributed by atoms with Crippen LogP contribution in [0.3, 0.4) is 0 Å². The normalized spacial score (nSPS) is 24.1. The fraction of sp³-hybridized carbons (Fsp3) is 0.564. The quantitative estimate of drug-likeness (QED) is 0.0277. The Morgan fingerprint density at radius 3 is 2.17 bits per heavy atom. The molecule has 1 aliphatic carbocycles. The fourth-order valence-corrected chi connectivity index (χ4v) is 10.4. The van der Waals surface area contributed by atoms with Gasteiger partial charge in [-0.2, -0.15) is 11.4 Å². The average Bonchev–Trinajstić information content (AvgIpc) is 3.46. The molecule has 0 N–H and O–H groups in total. The first kappa shape index (κ1) is 50.6. The van der Waals surface area contributed by atoms with E-state index in [9.17, 15) is 9.59 Å². The molecule has 6 heterocycles. The van der Waals surface area contributed by atoms with E-state index in [-0.39, 0.29) is 59.7 Å². The number of esters is 1. The summed E-state index contributed by atoms with van der Waals surface area (Å²) in [4.78, 5) is 49.3. The Bertz CT molecular complexity index is 2460. The van der Waals surface area contributed by atoms with Crippen LogP contribution < -0.4 is 25.7 Å². The van der Waals surface area contributed by atoms with Crippen molar-refractivity contribution < 1.29 is 23.7 Å². The molecule has 346 valence electrons. The largest absolute Gasteiger partial charge is 2.00 e. The van der Waals surface area contributed by atoms with E-state index in [0.717, 1.165) is 110 Å². The molecular weight excluding hydrogens is 821 g/mol. The number of aromatic nitrogens is 3. The summed E-state index contributed by atoms with van der Waals surface area (Å²) in [6.07, 6.45) is 22.5. The molecule has 0 amide bonds. The number of allylic oxidation sites excluding steroid dienone is 3. The van der Waals surface area contributed by atoms with Gasteiger partial charge >= 0.3 is 35.3 Å². The summed E-state index contributed by atoms with van der Waals surface area (Å²) in [5.74, 6) is 1.23. The Morgan fingerprint density at radius 2 is 1.52 bits per heavy atom. The topological polar surface area (TPSA) is 115 Å². The smallest absolute Gasteiger partial charge is 0.664 e.